The summed E-state index contributed by atoms with van der Waals surface area (Å²) >= 11 is 0. The highest BCUT2D eigenvalue weighted by molar-refractivity contribution is 6.09. The highest BCUT2D eigenvalue weighted by Crippen LogP contribution is 2.19. The Balaban J connectivity index is 1.53. The van der Waals surface area contributed by atoms with E-state index in [1.165, 1.54) is 5.56 Å². The molecule has 0 fully saturated rings. The Labute approximate surface area is 164 Å². The Bertz CT molecular complexity index is 862. The monoisotopic (exact) mass is 379 g/mol. The summed E-state index contributed by atoms with van der Waals surface area (Å²) in [7, 11) is 0. The summed E-state index contributed by atoms with van der Waals surface area (Å²) in [6, 6.07) is 13.9. The maximum Gasteiger partial charge on any atom is 0.254 e. The summed E-state index contributed by atoms with van der Waals surface area (Å²) in [6.07, 6.45) is 3.68. The second kappa shape index (κ2) is 9.17. The van der Waals surface area contributed by atoms with Crippen molar-refractivity contribution in [3.05, 3.63) is 59.7 Å². The van der Waals surface area contributed by atoms with Crippen LogP contribution in [-0.4, -0.2) is 23.8 Å². The highest BCUT2D eigenvalue weighted by atomic mass is 16.2. The van der Waals surface area contributed by atoms with Gasteiger partial charge in [0.15, 0.2) is 0 Å². The Morgan fingerprint density at radius 3 is 2.57 bits per heavy atom. The molecule has 3 amide bonds. The minimum Gasteiger partial charge on any atom is -0.340 e. The first-order valence-electron chi connectivity index (χ1n) is 9.66. The molecular formula is C22H25N3O3. The molecule has 1 aliphatic heterocycles. The number of carbonyl (C=O) groups is 3. The van der Waals surface area contributed by atoms with Gasteiger partial charge in [-0.15, -0.1) is 0 Å². The van der Waals surface area contributed by atoms with E-state index in [1.807, 2.05) is 24.3 Å². The maximum atomic E-state index is 12.4. The quantitative estimate of drug-likeness (QED) is 0.688. The Morgan fingerprint density at radius 1 is 1.07 bits per heavy atom. The van der Waals surface area contributed by atoms with Crippen LogP contribution < -0.4 is 16.0 Å². The van der Waals surface area contributed by atoms with Crippen LogP contribution in [0.1, 0.15) is 48.5 Å². The molecule has 0 bridgehead atoms. The van der Waals surface area contributed by atoms with Crippen molar-refractivity contribution in [2.75, 3.05) is 10.6 Å². The number of para-hydroxylation sites is 1. The molecule has 1 unspecified atom stereocenters. The lowest BCUT2D eigenvalue weighted by molar-refractivity contribution is -0.118. The molecule has 3 rings (SSSR count). The number of rotatable bonds is 7. The molecule has 1 atom stereocenters. The first-order chi connectivity index (χ1) is 13.6. The van der Waals surface area contributed by atoms with Crippen molar-refractivity contribution < 1.29 is 14.4 Å². The number of aryl methyl sites for hydroxylation is 1. The molecule has 6 heteroatoms. The van der Waals surface area contributed by atoms with Gasteiger partial charge in [0.1, 0.15) is 6.04 Å². The standard InChI is InChI=1S/C22H25N3O3/c1-2-3-6-15-9-11-16(12-10-15)23-20(26)14-13-19-22(28)24-18-8-5-4-7-17(18)21(27)25-19/h4-5,7-12,19H,2-3,6,13-14H2,1H3,(H,23,26)(H,24,28)(H,25,27). The van der Waals surface area contributed by atoms with Gasteiger partial charge in [-0.2, -0.15) is 0 Å². The van der Waals surface area contributed by atoms with Gasteiger partial charge in [-0.25, -0.2) is 0 Å². The van der Waals surface area contributed by atoms with Crippen LogP contribution in [0.5, 0.6) is 0 Å². The largest absolute Gasteiger partial charge is 0.340 e. The molecule has 0 aromatic heterocycles. The molecule has 28 heavy (non-hydrogen) atoms. The number of fused-ring (bicyclic) bond motifs is 1. The topological polar surface area (TPSA) is 87.3 Å². The van der Waals surface area contributed by atoms with Crippen molar-refractivity contribution in [2.45, 2.75) is 45.1 Å². The Hall–Kier alpha value is -3.15. The van der Waals surface area contributed by atoms with E-state index in [2.05, 4.69) is 22.9 Å². The van der Waals surface area contributed by atoms with Gasteiger partial charge in [-0.1, -0.05) is 37.6 Å². The summed E-state index contributed by atoms with van der Waals surface area (Å²) < 4.78 is 0. The fraction of sp³-hybridized carbons (Fsp3) is 0.318. The normalized spacial score (nSPS) is 15.8. The number of nitrogens with one attached hydrogen (secondary N) is 3. The van der Waals surface area contributed by atoms with Gasteiger partial charge < -0.3 is 16.0 Å². The predicted molar refractivity (Wildman–Crippen MR) is 109 cm³/mol. The molecule has 2 aromatic carbocycles. The van der Waals surface area contributed by atoms with Gasteiger partial charge in [0, 0.05) is 12.1 Å². The zero-order valence-corrected chi connectivity index (χ0v) is 16.0. The van der Waals surface area contributed by atoms with Crippen LogP contribution in [-0.2, 0) is 16.0 Å². The molecule has 146 valence electrons. The molecule has 0 radical (unpaired) electrons. The zero-order valence-electron chi connectivity index (χ0n) is 16.0. The lowest BCUT2D eigenvalue weighted by atomic mass is 10.1. The molecule has 1 heterocycles. The molecule has 0 spiro atoms. The number of amides is 3. The second-order valence-electron chi connectivity index (χ2n) is 6.95. The lowest BCUT2D eigenvalue weighted by Crippen LogP contribution is -2.41. The SMILES string of the molecule is CCCCc1ccc(NC(=O)CCC2NC(=O)c3ccccc3NC2=O)cc1. The van der Waals surface area contributed by atoms with Crippen molar-refractivity contribution in [3.8, 4) is 0 Å². The minimum atomic E-state index is -0.748. The summed E-state index contributed by atoms with van der Waals surface area (Å²) in [6.45, 7) is 2.16. The maximum absolute atomic E-state index is 12.4. The summed E-state index contributed by atoms with van der Waals surface area (Å²) in [5, 5.41) is 8.29. The van der Waals surface area contributed by atoms with Crippen molar-refractivity contribution >= 4 is 29.1 Å². The Morgan fingerprint density at radius 2 is 1.82 bits per heavy atom. The fourth-order valence-corrected chi connectivity index (χ4v) is 3.15. The average molecular weight is 379 g/mol. The number of carbonyl (C=O) groups excluding carboxylic acids is 3. The van der Waals surface area contributed by atoms with E-state index in [-0.39, 0.29) is 30.6 Å². The number of unbranched alkanes of at least 4 members (excludes halogenated alkanes) is 1. The van der Waals surface area contributed by atoms with E-state index >= 15 is 0 Å². The smallest absolute Gasteiger partial charge is 0.254 e. The van der Waals surface area contributed by atoms with Crippen LogP contribution in [0, 0.1) is 0 Å². The molecule has 1 aliphatic rings. The molecule has 0 saturated carbocycles. The van der Waals surface area contributed by atoms with Crippen molar-refractivity contribution in [2.24, 2.45) is 0 Å². The fourth-order valence-electron chi connectivity index (χ4n) is 3.15. The average Bonchev–Trinajstić information content (AvgIpc) is 2.82. The van der Waals surface area contributed by atoms with Crippen molar-refractivity contribution in [1.82, 2.24) is 5.32 Å². The second-order valence-corrected chi connectivity index (χ2v) is 6.95. The molecule has 6 nitrogen and oxygen atoms in total. The minimum absolute atomic E-state index is 0.131. The van der Waals surface area contributed by atoms with Gasteiger partial charge in [0.2, 0.25) is 11.8 Å². The van der Waals surface area contributed by atoms with Crippen LogP contribution in [0.3, 0.4) is 0 Å². The molecular weight excluding hydrogens is 354 g/mol. The van der Waals surface area contributed by atoms with E-state index in [1.54, 1.807) is 24.3 Å². The van der Waals surface area contributed by atoms with Crippen LogP contribution >= 0.6 is 0 Å². The molecule has 3 N–H and O–H groups in total. The Kier molecular flexibility index (Phi) is 6.42. The summed E-state index contributed by atoms with van der Waals surface area (Å²) in [5.74, 6) is -0.821. The highest BCUT2D eigenvalue weighted by Gasteiger charge is 2.27. The van der Waals surface area contributed by atoms with Gasteiger partial charge in [-0.3, -0.25) is 14.4 Å². The third kappa shape index (κ3) is 4.97. The van der Waals surface area contributed by atoms with E-state index in [0.717, 1.165) is 24.9 Å². The van der Waals surface area contributed by atoms with Gasteiger partial charge in [0.25, 0.3) is 5.91 Å². The van der Waals surface area contributed by atoms with Gasteiger partial charge in [-0.05, 0) is 49.1 Å². The molecule has 0 saturated heterocycles. The number of benzene rings is 2. The molecule has 0 aliphatic carbocycles. The van der Waals surface area contributed by atoms with E-state index in [0.29, 0.717) is 11.3 Å². The van der Waals surface area contributed by atoms with Crippen LogP contribution in [0.25, 0.3) is 0 Å². The first-order valence-corrected chi connectivity index (χ1v) is 9.66. The summed E-state index contributed by atoms with van der Waals surface area (Å²) in [5.41, 5.74) is 2.88. The van der Waals surface area contributed by atoms with E-state index in [4.69, 9.17) is 0 Å². The first kappa shape index (κ1) is 19.6. The summed E-state index contributed by atoms with van der Waals surface area (Å²) in [4.78, 5) is 36.9. The van der Waals surface area contributed by atoms with Gasteiger partial charge >= 0.3 is 0 Å². The van der Waals surface area contributed by atoms with Gasteiger partial charge in [0.05, 0.1) is 11.3 Å². The van der Waals surface area contributed by atoms with E-state index < -0.39 is 6.04 Å². The zero-order chi connectivity index (χ0) is 19.9. The van der Waals surface area contributed by atoms with Crippen molar-refractivity contribution in [1.29, 1.82) is 0 Å². The van der Waals surface area contributed by atoms with Crippen molar-refractivity contribution in [3.63, 3.8) is 0 Å². The van der Waals surface area contributed by atoms with E-state index in [9.17, 15) is 14.4 Å². The molecule has 2 aromatic rings. The number of hydrogen-bond donors (Lipinski definition) is 3. The third-order valence-electron chi connectivity index (χ3n) is 4.77. The van der Waals surface area contributed by atoms with Crippen LogP contribution in [0.4, 0.5) is 11.4 Å². The lowest BCUT2D eigenvalue weighted by Gasteiger charge is -2.14. The number of anilines is 2. The third-order valence-corrected chi connectivity index (χ3v) is 4.77. The van der Waals surface area contributed by atoms with Crippen LogP contribution in [0.2, 0.25) is 0 Å². The predicted octanol–water partition coefficient (Wildman–Crippen LogP) is 3.50. The van der Waals surface area contributed by atoms with Crippen LogP contribution in [0.15, 0.2) is 48.5 Å². The number of hydrogen-bond acceptors (Lipinski definition) is 3.